The van der Waals surface area contributed by atoms with Crippen molar-refractivity contribution in [3.8, 4) is 0 Å². The third kappa shape index (κ3) is 2.38. The molecular weight excluding hydrogens is 216 g/mol. The van der Waals surface area contributed by atoms with Gasteiger partial charge in [-0.25, -0.2) is 4.85 Å². The first kappa shape index (κ1) is 11.5. The van der Waals surface area contributed by atoms with Crippen molar-refractivity contribution in [3.05, 3.63) is 28.7 Å². The van der Waals surface area contributed by atoms with Crippen LogP contribution in [0.5, 0.6) is 0 Å². The van der Waals surface area contributed by atoms with Crippen molar-refractivity contribution in [2.45, 2.75) is 44.1 Å². The average molecular weight is 232 g/mol. The van der Waals surface area contributed by atoms with Gasteiger partial charge < -0.3 is 0 Å². The van der Waals surface area contributed by atoms with Crippen molar-refractivity contribution >= 4 is 17.4 Å². The lowest BCUT2D eigenvalue weighted by molar-refractivity contribution is 0.662. The molecule has 0 radical (unpaired) electrons. The molecule has 0 aliphatic heterocycles. The third-order valence-electron chi connectivity index (χ3n) is 2.81. The average Bonchev–Trinajstić information content (AvgIpc) is 2.35. The molecule has 1 aromatic rings. The van der Waals surface area contributed by atoms with Crippen LogP contribution >= 0.6 is 11.8 Å². The smallest absolute Gasteiger partial charge is 0.218 e. The number of pyridine rings is 1. The number of thioether (sulfide) groups is 1. The summed E-state index contributed by atoms with van der Waals surface area (Å²) in [5.41, 5.74) is 3.29. The van der Waals surface area contributed by atoms with E-state index in [1.807, 2.05) is 0 Å². The summed E-state index contributed by atoms with van der Waals surface area (Å²) in [6, 6.07) is 2.06. The van der Waals surface area contributed by atoms with Gasteiger partial charge in [0.05, 0.1) is 6.57 Å². The van der Waals surface area contributed by atoms with Crippen LogP contribution in [0.1, 0.15) is 37.4 Å². The molecule has 0 unspecified atom stereocenters. The number of aromatic nitrogens is 1. The van der Waals surface area contributed by atoms with Crippen molar-refractivity contribution < 1.29 is 0 Å². The quantitative estimate of drug-likeness (QED) is 0.578. The van der Waals surface area contributed by atoms with Gasteiger partial charge in [-0.1, -0.05) is 6.92 Å². The van der Waals surface area contributed by atoms with Crippen LogP contribution < -0.4 is 0 Å². The summed E-state index contributed by atoms with van der Waals surface area (Å²) < 4.78 is 0. The number of aryl methyl sites for hydroxylation is 2. The zero-order valence-corrected chi connectivity index (χ0v) is 10.4. The molecule has 3 heteroatoms. The fourth-order valence-corrected chi connectivity index (χ4v) is 2.81. The van der Waals surface area contributed by atoms with Gasteiger partial charge in [0.2, 0.25) is 5.69 Å². The maximum atomic E-state index is 7.21. The molecule has 1 aliphatic carbocycles. The second-order valence-corrected chi connectivity index (χ2v) is 5.17. The van der Waals surface area contributed by atoms with Crippen LogP contribution in [0.2, 0.25) is 0 Å². The largest absolute Gasteiger partial charge is 0.258 e. The molecule has 0 saturated heterocycles. The number of rotatable bonds is 3. The molecule has 0 spiro atoms. The summed E-state index contributed by atoms with van der Waals surface area (Å²) in [5.74, 6) is 1.05. The Morgan fingerprint density at radius 1 is 1.44 bits per heavy atom. The van der Waals surface area contributed by atoms with Crippen LogP contribution in [0.3, 0.4) is 0 Å². The lowest BCUT2D eigenvalue weighted by Crippen LogP contribution is -2.05. The Morgan fingerprint density at radius 3 is 3.00 bits per heavy atom. The van der Waals surface area contributed by atoms with Crippen molar-refractivity contribution in [2.24, 2.45) is 0 Å². The van der Waals surface area contributed by atoms with Gasteiger partial charge in [-0.15, -0.1) is 11.8 Å². The maximum absolute atomic E-state index is 7.21. The first-order chi connectivity index (χ1) is 7.85. The molecule has 1 aromatic heterocycles. The Balaban J connectivity index is 2.32. The van der Waals surface area contributed by atoms with Crippen LogP contribution in [0.25, 0.3) is 4.85 Å². The molecule has 2 rings (SSSR count). The second-order valence-electron chi connectivity index (χ2n) is 4.09. The SMILES string of the molecule is [C-]#[N+]c1cc2c(nc1SCCC)CCCC2. The van der Waals surface area contributed by atoms with E-state index in [-0.39, 0.29) is 0 Å². The van der Waals surface area contributed by atoms with Crippen molar-refractivity contribution in [3.63, 3.8) is 0 Å². The molecule has 16 heavy (non-hydrogen) atoms. The molecule has 84 valence electrons. The van der Waals surface area contributed by atoms with Crippen molar-refractivity contribution in [1.29, 1.82) is 0 Å². The predicted molar refractivity (Wildman–Crippen MR) is 68.2 cm³/mol. The van der Waals surface area contributed by atoms with E-state index >= 15 is 0 Å². The Labute approximate surface area is 101 Å². The van der Waals surface area contributed by atoms with E-state index < -0.39 is 0 Å². The Hall–Kier alpha value is -1.01. The Morgan fingerprint density at radius 2 is 2.25 bits per heavy atom. The molecule has 2 nitrogen and oxygen atoms in total. The van der Waals surface area contributed by atoms with Crippen LogP contribution in [0.15, 0.2) is 11.1 Å². The van der Waals surface area contributed by atoms with Gasteiger partial charge in [-0.05, 0) is 49.5 Å². The van der Waals surface area contributed by atoms with Crippen molar-refractivity contribution in [2.75, 3.05) is 5.75 Å². The Bertz CT molecular complexity index is 421. The normalized spacial score (nSPS) is 14.2. The van der Waals surface area contributed by atoms with Gasteiger partial charge in [-0.2, -0.15) is 0 Å². The van der Waals surface area contributed by atoms with Gasteiger partial charge in [-0.3, -0.25) is 4.98 Å². The number of nitrogens with zero attached hydrogens (tertiary/aromatic N) is 2. The minimum Gasteiger partial charge on any atom is -0.258 e. The van der Waals surface area contributed by atoms with Crippen LogP contribution in [-0.2, 0) is 12.8 Å². The molecule has 0 fully saturated rings. The maximum Gasteiger partial charge on any atom is 0.218 e. The summed E-state index contributed by atoms with van der Waals surface area (Å²) in [6.45, 7) is 9.36. The van der Waals surface area contributed by atoms with E-state index in [9.17, 15) is 0 Å². The fraction of sp³-hybridized carbons (Fsp3) is 0.538. The summed E-state index contributed by atoms with van der Waals surface area (Å²) in [5, 5.41) is 0.942. The van der Waals surface area contributed by atoms with E-state index in [1.54, 1.807) is 11.8 Å². The summed E-state index contributed by atoms with van der Waals surface area (Å²) in [7, 11) is 0. The summed E-state index contributed by atoms with van der Waals surface area (Å²) >= 11 is 1.72. The number of hydrogen-bond donors (Lipinski definition) is 0. The minimum absolute atomic E-state index is 0.749. The standard InChI is InChI=1S/C13H16N2S/c1-3-8-16-13-12(14-2)9-10-6-4-5-7-11(10)15-13/h9H,3-8H2,1H3. The third-order valence-corrected chi connectivity index (χ3v) is 4.00. The van der Waals surface area contributed by atoms with Gasteiger partial charge in [0.15, 0.2) is 0 Å². The number of fused-ring (bicyclic) bond motifs is 1. The zero-order chi connectivity index (χ0) is 11.4. The molecular formula is C13H16N2S. The highest BCUT2D eigenvalue weighted by Crippen LogP contribution is 2.32. The minimum atomic E-state index is 0.749. The molecule has 1 heterocycles. The van der Waals surface area contributed by atoms with E-state index in [0.717, 1.165) is 35.7 Å². The van der Waals surface area contributed by atoms with Crippen LogP contribution in [-0.4, -0.2) is 10.7 Å². The molecule has 0 amide bonds. The topological polar surface area (TPSA) is 17.2 Å². The molecule has 0 bridgehead atoms. The van der Waals surface area contributed by atoms with E-state index in [2.05, 4.69) is 22.8 Å². The first-order valence-corrected chi connectivity index (χ1v) is 6.86. The molecule has 0 saturated carbocycles. The highest BCUT2D eigenvalue weighted by molar-refractivity contribution is 7.99. The van der Waals surface area contributed by atoms with Gasteiger partial charge in [0.1, 0.15) is 5.03 Å². The second kappa shape index (κ2) is 5.36. The van der Waals surface area contributed by atoms with Crippen LogP contribution in [0, 0.1) is 6.57 Å². The van der Waals surface area contributed by atoms with E-state index in [1.165, 1.54) is 24.1 Å². The van der Waals surface area contributed by atoms with Crippen molar-refractivity contribution in [1.82, 2.24) is 4.98 Å². The molecule has 0 aromatic carbocycles. The fourth-order valence-electron chi connectivity index (χ4n) is 1.99. The van der Waals surface area contributed by atoms with Gasteiger partial charge in [0.25, 0.3) is 0 Å². The molecule has 1 aliphatic rings. The summed E-state index contributed by atoms with van der Waals surface area (Å²) in [6.07, 6.45) is 5.81. The van der Waals surface area contributed by atoms with Gasteiger partial charge in [0, 0.05) is 5.69 Å². The van der Waals surface area contributed by atoms with Gasteiger partial charge >= 0.3 is 0 Å². The lowest BCUT2D eigenvalue weighted by atomic mass is 9.96. The highest BCUT2D eigenvalue weighted by Gasteiger charge is 2.14. The lowest BCUT2D eigenvalue weighted by Gasteiger charge is -2.16. The number of hydrogen-bond acceptors (Lipinski definition) is 2. The monoisotopic (exact) mass is 232 g/mol. The summed E-state index contributed by atoms with van der Waals surface area (Å²) in [4.78, 5) is 8.27. The van der Waals surface area contributed by atoms with E-state index in [4.69, 9.17) is 6.57 Å². The highest BCUT2D eigenvalue weighted by atomic mass is 32.2. The molecule has 0 N–H and O–H groups in total. The van der Waals surface area contributed by atoms with E-state index in [0.29, 0.717) is 0 Å². The first-order valence-electron chi connectivity index (χ1n) is 5.88. The Kier molecular flexibility index (Phi) is 3.84. The molecule has 0 atom stereocenters. The van der Waals surface area contributed by atoms with Crippen LogP contribution in [0.4, 0.5) is 5.69 Å². The predicted octanol–water partition coefficient (Wildman–Crippen LogP) is 4.01. The zero-order valence-electron chi connectivity index (χ0n) is 9.62.